The summed E-state index contributed by atoms with van der Waals surface area (Å²) >= 11 is 5.71. The van der Waals surface area contributed by atoms with E-state index in [0.717, 1.165) is 19.2 Å². The van der Waals surface area contributed by atoms with Crippen molar-refractivity contribution in [3.05, 3.63) is 47.2 Å². The number of rotatable bonds is 6. The second kappa shape index (κ2) is 9.58. The number of likely N-dealkylation sites (N-methyl/N-ethyl adjacent to an activating group) is 1. The molecule has 1 N–H and O–H groups in total. The molecule has 0 saturated carbocycles. The maximum atomic E-state index is 13.2. The lowest BCUT2D eigenvalue weighted by Gasteiger charge is -2.30. The molecule has 2 aromatic carbocycles. The van der Waals surface area contributed by atoms with Gasteiger partial charge in [0.05, 0.1) is 29.8 Å². The molecular weight excluding hydrogens is 461 g/mol. The normalized spacial score (nSPS) is 17.2. The smallest absolute Gasteiger partial charge is 0.417 e. The van der Waals surface area contributed by atoms with Crippen molar-refractivity contribution in [2.75, 3.05) is 45.8 Å². The fourth-order valence-corrected chi connectivity index (χ4v) is 3.77. The van der Waals surface area contributed by atoms with E-state index in [2.05, 4.69) is 20.2 Å². The van der Waals surface area contributed by atoms with Crippen LogP contribution in [0, 0.1) is 0 Å². The molecule has 1 atom stereocenters. The van der Waals surface area contributed by atoms with Gasteiger partial charge in [0.1, 0.15) is 24.9 Å². The molecule has 7 nitrogen and oxygen atoms in total. The van der Waals surface area contributed by atoms with Gasteiger partial charge in [-0.1, -0.05) is 11.6 Å². The highest BCUT2D eigenvalue weighted by Gasteiger charge is 2.33. The Morgan fingerprint density at radius 1 is 1.21 bits per heavy atom. The number of halogens is 4. The van der Waals surface area contributed by atoms with Crippen LogP contribution in [0.25, 0.3) is 10.9 Å². The van der Waals surface area contributed by atoms with Crippen LogP contribution in [0.5, 0.6) is 11.5 Å². The second-order valence-electron chi connectivity index (χ2n) is 7.63. The topological polar surface area (TPSA) is 68.7 Å². The minimum atomic E-state index is -4.57. The molecule has 0 aliphatic carbocycles. The Bertz CT molecular complexity index is 1150. The van der Waals surface area contributed by atoms with Crippen molar-refractivity contribution in [1.29, 1.82) is 0 Å². The Kier molecular flexibility index (Phi) is 6.78. The van der Waals surface area contributed by atoms with Crippen LogP contribution in [0.2, 0.25) is 5.02 Å². The van der Waals surface area contributed by atoms with Gasteiger partial charge >= 0.3 is 6.18 Å². The summed E-state index contributed by atoms with van der Waals surface area (Å²) in [5, 5.41) is 3.09. The molecule has 176 valence electrons. The number of nitrogens with zero attached hydrogens (tertiary/aromatic N) is 3. The highest BCUT2D eigenvalue weighted by Crippen LogP contribution is 2.38. The Labute approximate surface area is 193 Å². The molecule has 4 rings (SSSR count). The zero-order chi connectivity index (χ0) is 23.6. The Morgan fingerprint density at radius 3 is 2.76 bits per heavy atom. The average Bonchev–Trinajstić information content (AvgIpc) is 2.78. The van der Waals surface area contributed by atoms with Crippen molar-refractivity contribution in [2.45, 2.75) is 12.3 Å². The molecule has 0 radical (unpaired) electrons. The van der Waals surface area contributed by atoms with Crippen LogP contribution < -0.4 is 14.8 Å². The first-order valence-corrected chi connectivity index (χ1v) is 10.5. The van der Waals surface area contributed by atoms with Gasteiger partial charge in [-0.25, -0.2) is 9.97 Å². The van der Waals surface area contributed by atoms with Crippen molar-refractivity contribution < 1.29 is 27.4 Å². The van der Waals surface area contributed by atoms with Crippen LogP contribution in [0.15, 0.2) is 36.7 Å². The molecule has 3 aromatic rings. The van der Waals surface area contributed by atoms with Crippen LogP contribution in [-0.2, 0) is 10.9 Å². The summed E-state index contributed by atoms with van der Waals surface area (Å²) in [6.45, 7) is 2.61. The SMILES string of the molecule is COc1cc2c(Nc3ccc(Cl)c(C(F)(F)F)c3)ncnc2cc1OCC1CN(C)CCO1. The van der Waals surface area contributed by atoms with E-state index in [-0.39, 0.29) is 16.8 Å². The number of hydrogen-bond acceptors (Lipinski definition) is 7. The molecule has 33 heavy (non-hydrogen) atoms. The van der Waals surface area contributed by atoms with Crippen LogP contribution in [0.1, 0.15) is 5.56 Å². The van der Waals surface area contributed by atoms with Gasteiger partial charge in [-0.15, -0.1) is 0 Å². The summed E-state index contributed by atoms with van der Waals surface area (Å²) in [5.41, 5.74) is -0.212. The summed E-state index contributed by atoms with van der Waals surface area (Å²) < 4.78 is 56.8. The fourth-order valence-electron chi connectivity index (χ4n) is 3.54. The van der Waals surface area contributed by atoms with Gasteiger partial charge in [-0.05, 0) is 31.3 Å². The number of morpholine rings is 1. The number of aromatic nitrogens is 2. The lowest BCUT2D eigenvalue weighted by atomic mass is 10.1. The molecule has 0 spiro atoms. The van der Waals surface area contributed by atoms with Gasteiger partial charge in [-0.2, -0.15) is 13.2 Å². The Morgan fingerprint density at radius 2 is 2.03 bits per heavy atom. The Hall–Kier alpha value is -2.82. The standard InChI is InChI=1S/C22H22ClF3N4O3/c1-30-5-6-32-14(10-30)11-33-20-9-18-15(8-19(20)31-2)21(28-12-27-18)29-13-3-4-17(23)16(7-13)22(24,25)26/h3-4,7-9,12,14H,5-6,10-11H2,1-2H3,(H,27,28,29). The molecule has 2 heterocycles. The zero-order valence-electron chi connectivity index (χ0n) is 17.9. The van der Waals surface area contributed by atoms with E-state index >= 15 is 0 Å². The zero-order valence-corrected chi connectivity index (χ0v) is 18.7. The third-order valence-electron chi connectivity index (χ3n) is 5.22. The van der Waals surface area contributed by atoms with Crippen molar-refractivity contribution in [2.24, 2.45) is 0 Å². The van der Waals surface area contributed by atoms with Gasteiger partial charge in [-0.3, -0.25) is 0 Å². The van der Waals surface area contributed by atoms with E-state index in [1.165, 1.54) is 25.6 Å². The molecule has 1 fully saturated rings. The summed E-state index contributed by atoms with van der Waals surface area (Å²) in [6.07, 6.45) is -3.32. The number of methoxy groups -OCH3 is 1. The first-order chi connectivity index (χ1) is 15.7. The molecule has 1 aliphatic rings. The summed E-state index contributed by atoms with van der Waals surface area (Å²) in [7, 11) is 3.53. The van der Waals surface area contributed by atoms with E-state index in [1.54, 1.807) is 12.1 Å². The number of alkyl halides is 3. The van der Waals surface area contributed by atoms with E-state index in [0.29, 0.717) is 41.4 Å². The van der Waals surface area contributed by atoms with E-state index in [1.807, 2.05) is 7.05 Å². The summed E-state index contributed by atoms with van der Waals surface area (Å²) in [6, 6.07) is 6.96. The lowest BCUT2D eigenvalue weighted by Crippen LogP contribution is -2.42. The van der Waals surface area contributed by atoms with Gasteiger partial charge in [0, 0.05) is 30.2 Å². The highest BCUT2D eigenvalue weighted by atomic mass is 35.5. The molecule has 1 saturated heterocycles. The minimum absolute atomic E-state index is 0.0699. The number of anilines is 2. The average molecular weight is 483 g/mol. The molecule has 1 unspecified atom stereocenters. The van der Waals surface area contributed by atoms with Gasteiger partial charge in [0.15, 0.2) is 11.5 Å². The number of fused-ring (bicyclic) bond motifs is 1. The number of hydrogen-bond donors (Lipinski definition) is 1. The van der Waals surface area contributed by atoms with E-state index < -0.39 is 11.7 Å². The highest BCUT2D eigenvalue weighted by molar-refractivity contribution is 6.31. The van der Waals surface area contributed by atoms with Gasteiger partial charge in [0.2, 0.25) is 0 Å². The first-order valence-electron chi connectivity index (χ1n) is 10.1. The number of ether oxygens (including phenoxy) is 3. The summed E-state index contributed by atoms with van der Waals surface area (Å²) in [5.74, 6) is 1.24. The molecular formula is C22H22ClF3N4O3. The van der Waals surface area contributed by atoms with Crippen LogP contribution in [0.4, 0.5) is 24.7 Å². The monoisotopic (exact) mass is 482 g/mol. The third kappa shape index (κ3) is 5.40. The van der Waals surface area contributed by atoms with Gasteiger partial charge in [0.25, 0.3) is 0 Å². The molecule has 0 bridgehead atoms. The first kappa shape index (κ1) is 23.3. The lowest BCUT2D eigenvalue weighted by molar-refractivity contribution is -0.137. The van der Waals surface area contributed by atoms with Crippen LogP contribution in [0.3, 0.4) is 0 Å². The predicted molar refractivity (Wildman–Crippen MR) is 119 cm³/mol. The number of nitrogens with one attached hydrogen (secondary N) is 1. The third-order valence-corrected chi connectivity index (χ3v) is 5.55. The minimum Gasteiger partial charge on any atom is -0.493 e. The number of benzene rings is 2. The largest absolute Gasteiger partial charge is 0.493 e. The van der Waals surface area contributed by atoms with Crippen LogP contribution in [-0.4, -0.2) is 61.4 Å². The molecule has 1 aliphatic heterocycles. The fraction of sp³-hybridized carbons (Fsp3) is 0.364. The second-order valence-corrected chi connectivity index (χ2v) is 8.03. The van der Waals surface area contributed by atoms with Gasteiger partial charge < -0.3 is 24.4 Å². The van der Waals surface area contributed by atoms with Crippen molar-refractivity contribution in [1.82, 2.24) is 14.9 Å². The Balaban J connectivity index is 1.61. The maximum Gasteiger partial charge on any atom is 0.417 e. The van der Waals surface area contributed by atoms with Crippen molar-refractivity contribution >= 4 is 34.0 Å². The molecule has 1 aromatic heterocycles. The summed E-state index contributed by atoms with van der Waals surface area (Å²) in [4.78, 5) is 10.6. The maximum absolute atomic E-state index is 13.2. The molecule has 0 amide bonds. The van der Waals surface area contributed by atoms with Crippen molar-refractivity contribution in [3.8, 4) is 11.5 Å². The van der Waals surface area contributed by atoms with Crippen molar-refractivity contribution in [3.63, 3.8) is 0 Å². The molecule has 11 heteroatoms. The van der Waals surface area contributed by atoms with E-state index in [9.17, 15) is 13.2 Å². The quantitative estimate of drug-likeness (QED) is 0.543. The van der Waals surface area contributed by atoms with E-state index in [4.69, 9.17) is 25.8 Å². The predicted octanol–water partition coefficient (Wildman–Crippen LogP) is 4.76. The van der Waals surface area contributed by atoms with Crippen LogP contribution >= 0.6 is 11.6 Å².